The smallest absolute Gasteiger partial charge is 0.223 e. The summed E-state index contributed by atoms with van der Waals surface area (Å²) < 4.78 is 0. The highest BCUT2D eigenvalue weighted by molar-refractivity contribution is 8.00. The third-order valence-electron chi connectivity index (χ3n) is 4.14. The van der Waals surface area contributed by atoms with Crippen molar-refractivity contribution in [1.29, 1.82) is 0 Å². The minimum Gasteiger partial charge on any atom is -0.355 e. The second-order valence-electron chi connectivity index (χ2n) is 5.30. The summed E-state index contributed by atoms with van der Waals surface area (Å²) in [7, 11) is 0. The number of fused-ring (bicyclic) bond motifs is 1. The summed E-state index contributed by atoms with van der Waals surface area (Å²) in [6.45, 7) is 0.912. The monoisotopic (exact) mass is 225 g/mol. The Kier molecular flexibility index (Phi) is 2.67. The highest BCUT2D eigenvalue weighted by Crippen LogP contribution is 2.54. The number of carbonyl (C=O) groups is 1. The number of hydrogen-bond acceptors (Lipinski definition) is 2. The lowest BCUT2D eigenvalue weighted by Crippen LogP contribution is -2.34. The summed E-state index contributed by atoms with van der Waals surface area (Å²) in [4.78, 5) is 11.8. The highest BCUT2D eigenvalue weighted by atomic mass is 32.2. The van der Waals surface area contributed by atoms with Gasteiger partial charge in [0, 0.05) is 17.7 Å². The van der Waals surface area contributed by atoms with Gasteiger partial charge in [-0.25, -0.2) is 0 Å². The normalized spacial score (nSPS) is 42.7. The fraction of sp³-hybridized carbons (Fsp3) is 0.917. The summed E-state index contributed by atoms with van der Waals surface area (Å²) in [5, 5.41) is 3.85. The van der Waals surface area contributed by atoms with E-state index in [0.717, 1.165) is 18.4 Å². The molecule has 0 aromatic carbocycles. The number of nitrogens with one attached hydrogen (secondary N) is 1. The molecule has 2 aliphatic carbocycles. The molecule has 84 valence electrons. The Morgan fingerprint density at radius 3 is 2.73 bits per heavy atom. The molecular weight excluding hydrogens is 206 g/mol. The van der Waals surface area contributed by atoms with Gasteiger partial charge in [-0.1, -0.05) is 0 Å². The van der Waals surface area contributed by atoms with Gasteiger partial charge in [-0.05, 0) is 49.7 Å². The van der Waals surface area contributed by atoms with Crippen molar-refractivity contribution in [2.75, 3.05) is 12.3 Å². The van der Waals surface area contributed by atoms with Crippen LogP contribution in [0, 0.1) is 17.8 Å². The highest BCUT2D eigenvalue weighted by Gasteiger charge is 2.47. The second kappa shape index (κ2) is 4.00. The fourth-order valence-corrected chi connectivity index (χ4v) is 4.29. The summed E-state index contributed by atoms with van der Waals surface area (Å²) in [6, 6.07) is 0. The molecule has 3 heteroatoms. The van der Waals surface area contributed by atoms with Crippen molar-refractivity contribution in [2.45, 2.75) is 37.4 Å². The Morgan fingerprint density at radius 2 is 2.07 bits per heavy atom. The van der Waals surface area contributed by atoms with Crippen LogP contribution in [0.4, 0.5) is 0 Å². The lowest BCUT2D eigenvalue weighted by Gasteiger charge is -2.14. The van der Waals surface area contributed by atoms with E-state index in [0.29, 0.717) is 17.1 Å². The van der Waals surface area contributed by atoms with E-state index in [-0.39, 0.29) is 0 Å². The van der Waals surface area contributed by atoms with Crippen molar-refractivity contribution in [3.8, 4) is 0 Å². The number of thioether (sulfide) groups is 1. The van der Waals surface area contributed by atoms with E-state index in [1.165, 1.54) is 37.9 Å². The van der Waals surface area contributed by atoms with Crippen molar-refractivity contribution in [3.05, 3.63) is 0 Å². The van der Waals surface area contributed by atoms with Crippen molar-refractivity contribution >= 4 is 17.7 Å². The van der Waals surface area contributed by atoms with E-state index in [1.807, 2.05) is 11.8 Å². The lowest BCUT2D eigenvalue weighted by atomic mass is 10.0. The Hall–Kier alpha value is -0.180. The van der Waals surface area contributed by atoms with Gasteiger partial charge in [0.05, 0.1) is 0 Å². The van der Waals surface area contributed by atoms with Crippen molar-refractivity contribution in [2.24, 2.45) is 17.8 Å². The lowest BCUT2D eigenvalue weighted by molar-refractivity contribution is -0.125. The Bertz CT molecular complexity index is 252. The Balaban J connectivity index is 1.41. The molecule has 1 amide bonds. The third-order valence-corrected chi connectivity index (χ3v) is 5.54. The molecule has 3 atom stereocenters. The average molecular weight is 225 g/mol. The molecule has 15 heavy (non-hydrogen) atoms. The molecular formula is C12H19NOS. The molecule has 3 unspecified atom stereocenters. The molecule has 0 aromatic heterocycles. The van der Waals surface area contributed by atoms with E-state index in [2.05, 4.69) is 5.32 Å². The maximum Gasteiger partial charge on any atom is 0.223 e. The van der Waals surface area contributed by atoms with Crippen LogP contribution in [0.25, 0.3) is 0 Å². The molecule has 1 aliphatic heterocycles. The first-order chi connectivity index (χ1) is 7.33. The zero-order valence-corrected chi connectivity index (χ0v) is 9.89. The molecule has 2 nitrogen and oxygen atoms in total. The van der Waals surface area contributed by atoms with Crippen molar-refractivity contribution < 1.29 is 4.79 Å². The largest absolute Gasteiger partial charge is 0.355 e. The van der Waals surface area contributed by atoms with Gasteiger partial charge in [0.15, 0.2) is 0 Å². The molecule has 3 aliphatic rings. The van der Waals surface area contributed by atoms with E-state index >= 15 is 0 Å². The summed E-state index contributed by atoms with van der Waals surface area (Å²) >= 11 is 2.02. The van der Waals surface area contributed by atoms with Crippen LogP contribution in [-0.2, 0) is 4.79 Å². The number of amides is 1. The molecule has 3 fully saturated rings. The molecule has 0 spiro atoms. The minimum absolute atomic E-state index is 0.342. The molecule has 0 radical (unpaired) electrons. The molecule has 1 heterocycles. The van der Waals surface area contributed by atoms with Crippen LogP contribution in [0.5, 0.6) is 0 Å². The summed E-state index contributed by atoms with van der Waals surface area (Å²) in [5.74, 6) is 3.83. The minimum atomic E-state index is 0.342. The van der Waals surface area contributed by atoms with Crippen molar-refractivity contribution in [1.82, 2.24) is 5.32 Å². The second-order valence-corrected chi connectivity index (χ2v) is 6.71. The van der Waals surface area contributed by atoms with Gasteiger partial charge in [0.25, 0.3) is 0 Å². The van der Waals surface area contributed by atoms with Gasteiger partial charge in [-0.3, -0.25) is 4.79 Å². The Labute approximate surface area is 95.6 Å². The van der Waals surface area contributed by atoms with Gasteiger partial charge in [-0.15, -0.1) is 0 Å². The van der Waals surface area contributed by atoms with Gasteiger partial charge in [-0.2, -0.15) is 11.8 Å². The van der Waals surface area contributed by atoms with E-state index in [4.69, 9.17) is 0 Å². The Morgan fingerprint density at radius 1 is 1.27 bits per heavy atom. The van der Waals surface area contributed by atoms with E-state index in [1.54, 1.807) is 0 Å². The predicted molar refractivity (Wildman–Crippen MR) is 62.8 cm³/mol. The van der Waals surface area contributed by atoms with Gasteiger partial charge < -0.3 is 5.32 Å². The third kappa shape index (κ3) is 2.17. The summed E-state index contributed by atoms with van der Waals surface area (Å²) in [5.41, 5.74) is 0. The van der Waals surface area contributed by atoms with Crippen LogP contribution in [0.2, 0.25) is 0 Å². The first-order valence-electron chi connectivity index (χ1n) is 6.22. The first-order valence-corrected chi connectivity index (χ1v) is 7.27. The predicted octanol–water partition coefficient (Wildman–Crippen LogP) is 2.04. The van der Waals surface area contributed by atoms with Crippen LogP contribution >= 0.6 is 11.8 Å². The molecule has 3 rings (SSSR count). The fourth-order valence-electron chi connectivity index (χ4n) is 3.09. The molecule has 0 aromatic rings. The van der Waals surface area contributed by atoms with E-state index in [9.17, 15) is 4.79 Å². The standard InChI is InChI=1S/C12H19NOS/c14-12(10-5-8-4-9(8)6-10)13-7-11-2-1-3-15-11/h8-11H,1-7H2,(H,13,14). The maximum atomic E-state index is 11.8. The van der Waals surface area contributed by atoms with Gasteiger partial charge in [0.1, 0.15) is 0 Å². The van der Waals surface area contributed by atoms with Crippen LogP contribution in [0.15, 0.2) is 0 Å². The molecule has 0 bridgehead atoms. The van der Waals surface area contributed by atoms with Crippen LogP contribution in [0.3, 0.4) is 0 Å². The summed E-state index contributed by atoms with van der Waals surface area (Å²) in [6.07, 6.45) is 6.38. The van der Waals surface area contributed by atoms with Crippen molar-refractivity contribution in [3.63, 3.8) is 0 Å². The topological polar surface area (TPSA) is 29.1 Å². The van der Waals surface area contributed by atoms with E-state index < -0.39 is 0 Å². The quantitative estimate of drug-likeness (QED) is 0.796. The zero-order valence-electron chi connectivity index (χ0n) is 9.08. The zero-order chi connectivity index (χ0) is 10.3. The maximum absolute atomic E-state index is 11.8. The van der Waals surface area contributed by atoms with Crippen LogP contribution in [-0.4, -0.2) is 23.5 Å². The average Bonchev–Trinajstić information content (AvgIpc) is 2.75. The molecule has 1 saturated heterocycles. The van der Waals surface area contributed by atoms with Crippen LogP contribution < -0.4 is 5.32 Å². The number of hydrogen-bond donors (Lipinski definition) is 1. The van der Waals surface area contributed by atoms with Gasteiger partial charge >= 0.3 is 0 Å². The molecule has 2 saturated carbocycles. The number of rotatable bonds is 3. The first kappa shape index (κ1) is 10.0. The SMILES string of the molecule is O=C(NCC1CCCS1)C1CC2CC2C1. The van der Waals surface area contributed by atoms with Gasteiger partial charge in [0.2, 0.25) is 5.91 Å². The number of carbonyl (C=O) groups excluding carboxylic acids is 1. The van der Waals surface area contributed by atoms with Crippen LogP contribution in [0.1, 0.15) is 32.1 Å². The molecule has 1 N–H and O–H groups in total.